The van der Waals surface area contributed by atoms with Crippen LogP contribution in [0, 0.1) is 0 Å². The minimum Gasteiger partial charge on any atom is -0.452 e. The Hall–Kier alpha value is -1.85. The Labute approximate surface area is 131 Å². The van der Waals surface area contributed by atoms with E-state index in [1.54, 1.807) is 27.7 Å². The van der Waals surface area contributed by atoms with Crippen LogP contribution in [0.3, 0.4) is 0 Å². The zero-order valence-electron chi connectivity index (χ0n) is 14.1. The third-order valence-electron chi connectivity index (χ3n) is 3.13. The lowest BCUT2D eigenvalue weighted by Gasteiger charge is -2.38. The second-order valence-electron chi connectivity index (χ2n) is 6.41. The molecule has 22 heavy (non-hydrogen) atoms. The Morgan fingerprint density at radius 2 is 1.91 bits per heavy atom. The Morgan fingerprint density at radius 1 is 1.32 bits per heavy atom. The summed E-state index contributed by atoms with van der Waals surface area (Å²) in [6.45, 7) is 10.2. The molecule has 0 radical (unpaired) electrons. The Balaban J connectivity index is 3.12. The molecule has 1 amide bonds. The maximum atomic E-state index is 12.5. The predicted octanol–water partition coefficient (Wildman–Crippen LogP) is 2.81. The third-order valence-corrected chi connectivity index (χ3v) is 3.13. The van der Waals surface area contributed by atoms with Crippen LogP contribution < -0.4 is 0 Å². The van der Waals surface area contributed by atoms with E-state index in [1.165, 1.54) is 17.9 Å². The lowest BCUT2D eigenvalue weighted by molar-refractivity contribution is -0.155. The molecule has 1 heterocycles. The molecule has 1 aliphatic rings. The predicted molar refractivity (Wildman–Crippen MR) is 81.1 cm³/mol. The molecule has 0 bridgehead atoms. The van der Waals surface area contributed by atoms with E-state index in [4.69, 9.17) is 9.47 Å². The van der Waals surface area contributed by atoms with Gasteiger partial charge in [0.2, 0.25) is 0 Å². The van der Waals surface area contributed by atoms with Crippen molar-refractivity contribution in [3.05, 3.63) is 11.8 Å². The normalized spacial score (nSPS) is 22.2. The van der Waals surface area contributed by atoms with Crippen molar-refractivity contribution in [1.29, 1.82) is 0 Å². The monoisotopic (exact) mass is 311 g/mol. The van der Waals surface area contributed by atoms with Gasteiger partial charge in [0, 0.05) is 18.7 Å². The van der Waals surface area contributed by atoms with Gasteiger partial charge in [-0.15, -0.1) is 0 Å². The highest BCUT2D eigenvalue weighted by molar-refractivity contribution is 5.98. The quantitative estimate of drug-likeness (QED) is 0.749. The van der Waals surface area contributed by atoms with E-state index >= 15 is 0 Å². The van der Waals surface area contributed by atoms with Crippen LogP contribution in [-0.2, 0) is 19.1 Å². The molecule has 0 fully saturated rings. The van der Waals surface area contributed by atoms with Crippen molar-refractivity contribution in [2.24, 2.45) is 0 Å². The fourth-order valence-corrected chi connectivity index (χ4v) is 2.33. The second-order valence-corrected chi connectivity index (χ2v) is 6.41. The van der Waals surface area contributed by atoms with Gasteiger partial charge in [-0.2, -0.15) is 0 Å². The van der Waals surface area contributed by atoms with E-state index in [0.717, 1.165) is 6.42 Å². The van der Waals surface area contributed by atoms with Gasteiger partial charge >= 0.3 is 12.1 Å². The highest BCUT2D eigenvalue weighted by Crippen LogP contribution is 2.27. The van der Waals surface area contributed by atoms with Crippen molar-refractivity contribution in [3.8, 4) is 0 Å². The zero-order chi connectivity index (χ0) is 17.1. The highest BCUT2D eigenvalue weighted by atomic mass is 16.6. The third kappa shape index (κ3) is 4.58. The van der Waals surface area contributed by atoms with Gasteiger partial charge in [-0.25, -0.2) is 4.79 Å². The number of carbonyl (C=O) groups excluding carboxylic acids is 3. The van der Waals surface area contributed by atoms with Crippen LogP contribution >= 0.6 is 0 Å². The number of hydrogen-bond donors (Lipinski definition) is 0. The summed E-state index contributed by atoms with van der Waals surface area (Å²) in [6, 6.07) is -0.599. The van der Waals surface area contributed by atoms with Crippen LogP contribution in [0.4, 0.5) is 4.79 Å². The summed E-state index contributed by atoms with van der Waals surface area (Å²) in [5.74, 6) is -0.854. The Bertz CT molecular complexity index is 489. The van der Waals surface area contributed by atoms with Gasteiger partial charge in [-0.3, -0.25) is 14.5 Å². The topological polar surface area (TPSA) is 72.9 Å². The van der Waals surface area contributed by atoms with Crippen molar-refractivity contribution in [1.82, 2.24) is 4.90 Å². The van der Waals surface area contributed by atoms with Crippen molar-refractivity contribution in [3.63, 3.8) is 0 Å². The van der Waals surface area contributed by atoms with Crippen LogP contribution in [0.1, 0.15) is 54.4 Å². The molecule has 0 saturated carbocycles. The zero-order valence-corrected chi connectivity index (χ0v) is 14.1. The van der Waals surface area contributed by atoms with Crippen LogP contribution in [0.15, 0.2) is 11.8 Å². The van der Waals surface area contributed by atoms with Crippen molar-refractivity contribution < 1.29 is 23.9 Å². The van der Waals surface area contributed by atoms with Crippen LogP contribution in [0.5, 0.6) is 0 Å². The number of ketones is 1. The SMILES string of the molecule is CCCC1=CC(=O)[C@@H](OC(C)=O)[C@H](C)N1C(=O)OC(C)(C)C. The van der Waals surface area contributed by atoms with Crippen molar-refractivity contribution >= 4 is 17.8 Å². The lowest BCUT2D eigenvalue weighted by atomic mass is 9.98. The van der Waals surface area contributed by atoms with Gasteiger partial charge in [-0.05, 0) is 34.1 Å². The van der Waals surface area contributed by atoms with Gasteiger partial charge in [0.1, 0.15) is 5.60 Å². The van der Waals surface area contributed by atoms with E-state index in [-0.39, 0.29) is 5.78 Å². The number of carbonyl (C=O) groups is 3. The van der Waals surface area contributed by atoms with E-state index in [2.05, 4.69) is 0 Å². The van der Waals surface area contributed by atoms with Crippen LogP contribution in [-0.4, -0.2) is 40.5 Å². The fraction of sp³-hybridized carbons (Fsp3) is 0.688. The molecule has 0 aromatic carbocycles. The number of amides is 1. The number of esters is 1. The van der Waals surface area contributed by atoms with Gasteiger partial charge in [-0.1, -0.05) is 13.3 Å². The molecule has 6 heteroatoms. The first kappa shape index (κ1) is 18.2. The molecule has 0 saturated heterocycles. The molecule has 6 nitrogen and oxygen atoms in total. The number of nitrogens with zero attached hydrogens (tertiary/aromatic N) is 1. The van der Waals surface area contributed by atoms with E-state index in [1.807, 2.05) is 6.92 Å². The minimum atomic E-state index is -0.995. The first-order valence-corrected chi connectivity index (χ1v) is 7.50. The van der Waals surface area contributed by atoms with Crippen LogP contribution in [0.25, 0.3) is 0 Å². The number of ether oxygens (including phenoxy) is 2. The molecule has 0 N–H and O–H groups in total. The van der Waals surface area contributed by atoms with Crippen molar-refractivity contribution in [2.75, 3.05) is 0 Å². The minimum absolute atomic E-state index is 0.300. The standard InChI is InChI=1S/C16H25NO5/c1-7-8-12-9-13(19)14(21-11(3)18)10(2)17(12)15(20)22-16(4,5)6/h9-10,14H,7-8H2,1-6H3/t10-,14-/m0/s1. The van der Waals surface area contributed by atoms with Crippen molar-refractivity contribution in [2.45, 2.75) is 72.1 Å². The van der Waals surface area contributed by atoms with Gasteiger partial charge in [0.15, 0.2) is 11.9 Å². The molecule has 1 rings (SSSR count). The van der Waals surface area contributed by atoms with E-state index < -0.39 is 29.8 Å². The van der Waals surface area contributed by atoms with Crippen LogP contribution in [0.2, 0.25) is 0 Å². The van der Waals surface area contributed by atoms with Gasteiger partial charge in [0.05, 0.1) is 6.04 Å². The first-order chi connectivity index (χ1) is 10.1. The molecule has 1 aliphatic heterocycles. The number of allylic oxidation sites excluding steroid dienone is 1. The average Bonchev–Trinajstić information content (AvgIpc) is 2.32. The van der Waals surface area contributed by atoms with E-state index in [9.17, 15) is 14.4 Å². The molecular formula is C16H25NO5. The summed E-state index contributed by atoms with van der Waals surface area (Å²) >= 11 is 0. The molecule has 0 aromatic rings. The summed E-state index contributed by atoms with van der Waals surface area (Å²) in [5, 5.41) is 0. The molecule has 0 aliphatic carbocycles. The number of hydrogen-bond acceptors (Lipinski definition) is 5. The summed E-state index contributed by atoms with van der Waals surface area (Å²) in [4.78, 5) is 37.2. The van der Waals surface area contributed by atoms with E-state index in [0.29, 0.717) is 12.1 Å². The summed E-state index contributed by atoms with van der Waals surface area (Å²) in [6.07, 6.45) is 1.20. The highest BCUT2D eigenvalue weighted by Gasteiger charge is 2.41. The summed E-state index contributed by atoms with van der Waals surface area (Å²) < 4.78 is 10.5. The number of rotatable bonds is 3. The molecular weight excluding hydrogens is 286 g/mol. The summed E-state index contributed by atoms with van der Waals surface area (Å²) in [5.41, 5.74) is -0.0513. The Kier molecular flexibility index (Phi) is 5.74. The Morgan fingerprint density at radius 3 is 2.36 bits per heavy atom. The smallest absolute Gasteiger partial charge is 0.414 e. The molecule has 2 atom stereocenters. The molecule has 124 valence electrons. The maximum absolute atomic E-state index is 12.5. The van der Waals surface area contributed by atoms with Gasteiger partial charge < -0.3 is 9.47 Å². The van der Waals surface area contributed by atoms with Gasteiger partial charge in [0.25, 0.3) is 0 Å². The molecule has 0 aromatic heterocycles. The molecule has 0 spiro atoms. The molecule has 0 unspecified atom stereocenters. The fourth-order valence-electron chi connectivity index (χ4n) is 2.33. The lowest BCUT2D eigenvalue weighted by Crippen LogP contribution is -2.53. The summed E-state index contributed by atoms with van der Waals surface area (Å²) in [7, 11) is 0. The first-order valence-electron chi connectivity index (χ1n) is 7.50. The average molecular weight is 311 g/mol. The largest absolute Gasteiger partial charge is 0.452 e. The maximum Gasteiger partial charge on any atom is 0.414 e. The second kappa shape index (κ2) is 6.94.